The highest BCUT2D eigenvalue weighted by Crippen LogP contribution is 2.26. The third-order valence-corrected chi connectivity index (χ3v) is 6.39. The summed E-state index contributed by atoms with van der Waals surface area (Å²) in [5, 5.41) is 3.30. The number of aryl methyl sites for hydroxylation is 1. The molecule has 1 saturated heterocycles. The van der Waals surface area contributed by atoms with Crippen LogP contribution in [-0.2, 0) is 11.3 Å². The number of imidazole rings is 1. The van der Waals surface area contributed by atoms with E-state index in [1.165, 1.54) is 5.56 Å². The summed E-state index contributed by atoms with van der Waals surface area (Å²) in [5.41, 5.74) is 6.96. The molecule has 4 heterocycles. The first-order valence-electron chi connectivity index (χ1n) is 11.4. The number of aromatic nitrogens is 5. The topological polar surface area (TPSA) is 103 Å². The van der Waals surface area contributed by atoms with Crippen molar-refractivity contribution in [3.05, 3.63) is 59.7 Å². The van der Waals surface area contributed by atoms with Crippen LogP contribution < -0.4 is 5.32 Å². The summed E-state index contributed by atoms with van der Waals surface area (Å²) in [6, 6.07) is 10.2. The molecule has 174 valence electrons. The van der Waals surface area contributed by atoms with Crippen molar-refractivity contribution >= 4 is 28.7 Å². The number of aromatic amines is 1. The Morgan fingerprint density at radius 2 is 1.88 bits per heavy atom. The average molecular weight is 457 g/mol. The molecule has 9 nitrogen and oxygen atoms in total. The van der Waals surface area contributed by atoms with Crippen molar-refractivity contribution in [3.8, 4) is 11.3 Å². The number of amides is 1. The summed E-state index contributed by atoms with van der Waals surface area (Å²) in [6.07, 6.45) is 3.41. The van der Waals surface area contributed by atoms with Gasteiger partial charge in [0.25, 0.3) is 0 Å². The molecule has 3 aromatic heterocycles. The summed E-state index contributed by atoms with van der Waals surface area (Å²) in [4.78, 5) is 37.0. The van der Waals surface area contributed by atoms with E-state index in [9.17, 15) is 4.79 Å². The second-order valence-corrected chi connectivity index (χ2v) is 8.71. The number of pyridine rings is 1. The fraction of sp³-hybridized carbons (Fsp3) is 0.320. The molecule has 0 bridgehead atoms. The molecule has 1 aliphatic heterocycles. The van der Waals surface area contributed by atoms with Crippen LogP contribution in [0.4, 0.5) is 11.8 Å². The van der Waals surface area contributed by atoms with Gasteiger partial charge in [0, 0.05) is 57.1 Å². The van der Waals surface area contributed by atoms with Crippen molar-refractivity contribution in [3.63, 3.8) is 0 Å². The number of piperazine rings is 1. The SMILES string of the molecule is CC(=O)N1CCN(Cc2ccnc(Nc3nc4ccc(-c5ncnc(C)c5C)cc4[nH]3)c2)CC1. The molecule has 0 radical (unpaired) electrons. The highest BCUT2D eigenvalue weighted by atomic mass is 16.2. The molecule has 0 spiro atoms. The second-order valence-electron chi connectivity index (χ2n) is 8.71. The zero-order valence-corrected chi connectivity index (χ0v) is 19.7. The van der Waals surface area contributed by atoms with E-state index in [1.807, 2.05) is 49.2 Å². The Morgan fingerprint density at radius 3 is 2.68 bits per heavy atom. The highest BCUT2D eigenvalue weighted by Gasteiger charge is 2.18. The van der Waals surface area contributed by atoms with Crippen LogP contribution in [0.3, 0.4) is 0 Å². The lowest BCUT2D eigenvalue weighted by atomic mass is 10.1. The fourth-order valence-electron chi connectivity index (χ4n) is 4.29. The number of H-pyrrole nitrogens is 1. The van der Waals surface area contributed by atoms with Crippen LogP contribution in [0.2, 0.25) is 0 Å². The summed E-state index contributed by atoms with van der Waals surface area (Å²) in [7, 11) is 0. The number of hydrogen-bond donors (Lipinski definition) is 2. The van der Waals surface area contributed by atoms with Crippen molar-refractivity contribution in [2.24, 2.45) is 0 Å². The molecule has 0 saturated carbocycles. The van der Waals surface area contributed by atoms with Crippen LogP contribution in [-0.4, -0.2) is 66.8 Å². The first-order valence-corrected chi connectivity index (χ1v) is 11.4. The molecule has 0 atom stereocenters. The van der Waals surface area contributed by atoms with Crippen LogP contribution in [0.5, 0.6) is 0 Å². The Labute approximate surface area is 198 Å². The zero-order chi connectivity index (χ0) is 23.7. The zero-order valence-electron chi connectivity index (χ0n) is 19.7. The van der Waals surface area contributed by atoms with E-state index in [-0.39, 0.29) is 5.91 Å². The van der Waals surface area contributed by atoms with Crippen molar-refractivity contribution in [1.29, 1.82) is 0 Å². The summed E-state index contributed by atoms with van der Waals surface area (Å²) < 4.78 is 0. The van der Waals surface area contributed by atoms with Crippen LogP contribution in [0.1, 0.15) is 23.7 Å². The Morgan fingerprint density at radius 1 is 1.06 bits per heavy atom. The molecule has 9 heteroatoms. The Bertz CT molecular complexity index is 1340. The summed E-state index contributed by atoms with van der Waals surface area (Å²) in [5.74, 6) is 1.53. The third kappa shape index (κ3) is 4.60. The van der Waals surface area contributed by atoms with Crippen LogP contribution in [0.25, 0.3) is 22.3 Å². The second kappa shape index (κ2) is 9.18. The van der Waals surface area contributed by atoms with Gasteiger partial charge in [0.15, 0.2) is 0 Å². The fourth-order valence-corrected chi connectivity index (χ4v) is 4.29. The molecule has 0 aliphatic carbocycles. The van der Waals surface area contributed by atoms with Gasteiger partial charge >= 0.3 is 0 Å². The van der Waals surface area contributed by atoms with Gasteiger partial charge in [-0.1, -0.05) is 6.07 Å². The minimum atomic E-state index is 0.148. The van der Waals surface area contributed by atoms with Gasteiger partial charge in [-0.2, -0.15) is 0 Å². The van der Waals surface area contributed by atoms with E-state index >= 15 is 0 Å². The van der Waals surface area contributed by atoms with Crippen molar-refractivity contribution < 1.29 is 4.79 Å². The molecule has 2 N–H and O–H groups in total. The Balaban J connectivity index is 1.30. The molecular weight excluding hydrogens is 428 g/mol. The number of nitrogens with zero attached hydrogens (tertiary/aromatic N) is 6. The van der Waals surface area contributed by atoms with Crippen LogP contribution >= 0.6 is 0 Å². The van der Waals surface area contributed by atoms with E-state index in [2.05, 4.69) is 41.2 Å². The molecule has 1 aliphatic rings. The minimum Gasteiger partial charge on any atom is -0.340 e. The molecular formula is C25H28N8O. The largest absolute Gasteiger partial charge is 0.340 e. The number of rotatable bonds is 5. The molecule has 0 unspecified atom stereocenters. The van der Waals surface area contributed by atoms with E-state index in [0.717, 1.165) is 72.1 Å². The van der Waals surface area contributed by atoms with E-state index in [4.69, 9.17) is 0 Å². The molecule has 4 aromatic rings. The maximum absolute atomic E-state index is 11.5. The van der Waals surface area contributed by atoms with Crippen LogP contribution in [0.15, 0.2) is 42.9 Å². The van der Waals surface area contributed by atoms with Gasteiger partial charge in [0.05, 0.1) is 16.7 Å². The maximum atomic E-state index is 11.5. The van der Waals surface area contributed by atoms with E-state index < -0.39 is 0 Å². The van der Waals surface area contributed by atoms with E-state index in [0.29, 0.717) is 5.95 Å². The van der Waals surface area contributed by atoms with Crippen LogP contribution in [0, 0.1) is 13.8 Å². The first kappa shape index (κ1) is 22.0. The monoisotopic (exact) mass is 456 g/mol. The van der Waals surface area contributed by atoms with Crippen molar-refractivity contribution in [2.45, 2.75) is 27.3 Å². The number of fused-ring (bicyclic) bond motifs is 1. The predicted octanol–water partition coefficient (Wildman–Crippen LogP) is 3.44. The Kier molecular flexibility index (Phi) is 5.93. The smallest absolute Gasteiger partial charge is 0.219 e. The van der Waals surface area contributed by atoms with Gasteiger partial charge < -0.3 is 15.2 Å². The number of carbonyl (C=O) groups is 1. The number of hydrogen-bond acceptors (Lipinski definition) is 7. The average Bonchev–Trinajstić information content (AvgIpc) is 3.23. The normalized spacial score (nSPS) is 14.5. The first-order chi connectivity index (χ1) is 16.5. The predicted molar refractivity (Wildman–Crippen MR) is 132 cm³/mol. The molecule has 1 amide bonds. The lowest BCUT2D eigenvalue weighted by Crippen LogP contribution is -2.47. The van der Waals surface area contributed by atoms with Crippen molar-refractivity contribution in [2.75, 3.05) is 31.5 Å². The molecule has 5 rings (SSSR count). The Hall–Kier alpha value is -3.85. The summed E-state index contributed by atoms with van der Waals surface area (Å²) in [6.45, 7) is 9.80. The standard InChI is InChI=1S/C25H28N8O/c1-16-17(2)27-15-28-24(16)20-4-5-21-22(13-20)30-25(29-21)31-23-12-19(6-7-26-23)14-32-8-10-33(11-9-32)18(3)34/h4-7,12-13,15H,8-11,14H2,1-3H3,(H2,26,29,30,31). The van der Waals surface area contributed by atoms with Gasteiger partial charge in [0.2, 0.25) is 11.9 Å². The molecule has 1 aromatic carbocycles. The minimum absolute atomic E-state index is 0.148. The number of carbonyl (C=O) groups excluding carboxylic acids is 1. The number of anilines is 2. The number of nitrogens with one attached hydrogen (secondary N) is 2. The number of benzene rings is 1. The lowest BCUT2D eigenvalue weighted by Gasteiger charge is -2.34. The molecule has 1 fully saturated rings. The van der Waals surface area contributed by atoms with Gasteiger partial charge in [-0.25, -0.2) is 19.9 Å². The summed E-state index contributed by atoms with van der Waals surface area (Å²) >= 11 is 0. The van der Waals surface area contributed by atoms with Gasteiger partial charge in [-0.15, -0.1) is 0 Å². The third-order valence-electron chi connectivity index (χ3n) is 6.39. The van der Waals surface area contributed by atoms with Gasteiger partial charge in [0.1, 0.15) is 12.1 Å². The highest BCUT2D eigenvalue weighted by molar-refractivity contribution is 5.83. The van der Waals surface area contributed by atoms with Crippen molar-refractivity contribution in [1.82, 2.24) is 34.7 Å². The maximum Gasteiger partial charge on any atom is 0.219 e. The van der Waals surface area contributed by atoms with Gasteiger partial charge in [-0.3, -0.25) is 9.69 Å². The molecule has 34 heavy (non-hydrogen) atoms. The lowest BCUT2D eigenvalue weighted by molar-refractivity contribution is -0.130. The van der Waals surface area contributed by atoms with E-state index in [1.54, 1.807) is 13.3 Å². The van der Waals surface area contributed by atoms with Gasteiger partial charge in [-0.05, 0) is 49.2 Å². The quantitative estimate of drug-likeness (QED) is 0.474.